The Bertz CT molecular complexity index is 12.5. The SMILES string of the molecule is [Mo].[Mo].[S-2].[S-2].[S-2].[Se-2].[Se-2].[Se-2]. The van der Waals surface area contributed by atoms with Crippen molar-refractivity contribution in [3.05, 3.63) is 0 Å². The molecule has 0 aliphatic rings. The van der Waals surface area contributed by atoms with Gasteiger partial charge in [-0.2, -0.15) is 0 Å². The number of hydrogen-bond acceptors (Lipinski definition) is 0. The predicted molar refractivity (Wildman–Crippen MR) is 39.4 cm³/mol. The molecule has 0 N–H and O–H groups in total. The Morgan fingerprint density at radius 2 is 0.375 bits per heavy atom. The molecule has 0 aliphatic carbocycles. The molecule has 0 aromatic rings. The van der Waals surface area contributed by atoms with E-state index in [4.69, 9.17) is 0 Å². The van der Waals surface area contributed by atoms with Crippen molar-refractivity contribution in [3.63, 3.8) is 0 Å². The summed E-state index contributed by atoms with van der Waals surface area (Å²) in [4.78, 5) is 0. The monoisotopic (exact) mass is 531 g/mol. The van der Waals surface area contributed by atoms with Crippen LogP contribution in [0.25, 0.3) is 0 Å². The molecule has 0 spiro atoms. The van der Waals surface area contributed by atoms with Crippen molar-refractivity contribution in [3.8, 4) is 0 Å². The maximum atomic E-state index is 0. The van der Waals surface area contributed by atoms with Gasteiger partial charge in [-0.1, -0.05) is 0 Å². The Morgan fingerprint density at radius 1 is 0.375 bits per heavy atom. The molecule has 0 atom stereocenters. The van der Waals surface area contributed by atoms with E-state index in [1.54, 1.807) is 0 Å². The minimum Gasteiger partial charge on any atom is -2.00 e. The molecular formula is Mo2S3Se3-12. The molecule has 0 unspecified atom stereocenters. The molecule has 0 bridgehead atoms. The second-order valence-electron chi connectivity index (χ2n) is 0. The van der Waals surface area contributed by atoms with Gasteiger partial charge < -0.3 is 91.7 Å². The molecule has 8 heteroatoms. The van der Waals surface area contributed by atoms with Crippen LogP contribution in [0.15, 0.2) is 0 Å². The average Bonchev–Trinajstić information content (AvgIpc) is 0. The van der Waals surface area contributed by atoms with Crippen LogP contribution < -0.4 is 0 Å². The third-order valence-electron chi connectivity index (χ3n) is 0. The van der Waals surface area contributed by atoms with Gasteiger partial charge in [-0.25, -0.2) is 0 Å². The maximum absolute atomic E-state index is 0. The second-order valence-corrected chi connectivity index (χ2v) is 0. The summed E-state index contributed by atoms with van der Waals surface area (Å²) in [7, 11) is 0. The van der Waals surface area contributed by atoms with Gasteiger partial charge in [0.05, 0.1) is 0 Å². The first-order valence-electron chi connectivity index (χ1n) is 0. The first-order valence-corrected chi connectivity index (χ1v) is 0. The molecule has 0 aromatic heterocycles. The van der Waals surface area contributed by atoms with Gasteiger partial charge in [-0.3, -0.25) is 0 Å². The van der Waals surface area contributed by atoms with Crippen LogP contribution in [0.3, 0.4) is 0 Å². The zero-order valence-electron chi connectivity index (χ0n) is 3.27. The van der Waals surface area contributed by atoms with E-state index < -0.39 is 0 Å². The molecule has 0 nitrogen and oxygen atoms in total. The van der Waals surface area contributed by atoms with Crippen molar-refractivity contribution in [2.75, 3.05) is 0 Å². The van der Waals surface area contributed by atoms with Gasteiger partial charge in [0.1, 0.15) is 0 Å². The third-order valence-corrected chi connectivity index (χ3v) is 0. The molecule has 0 saturated heterocycles. The average molecular weight is 525 g/mol. The molecule has 8 heavy (non-hydrogen) atoms. The summed E-state index contributed by atoms with van der Waals surface area (Å²) in [6, 6.07) is 0. The molecule has 0 radical (unpaired) electrons. The van der Waals surface area contributed by atoms with E-state index in [1.165, 1.54) is 0 Å². The fourth-order valence-electron chi connectivity index (χ4n) is 0. The van der Waals surface area contributed by atoms with Crippen LogP contribution in [0.4, 0.5) is 0 Å². The van der Waals surface area contributed by atoms with Crippen molar-refractivity contribution >= 4 is 91.7 Å². The molecule has 0 fully saturated rings. The van der Waals surface area contributed by atoms with Gasteiger partial charge in [0.25, 0.3) is 0 Å². The van der Waals surface area contributed by atoms with E-state index in [-0.39, 0.29) is 134 Å². The van der Waals surface area contributed by atoms with Crippen LogP contribution in [0, 0.1) is 0 Å². The van der Waals surface area contributed by atoms with Crippen LogP contribution in [-0.4, -0.2) is 51.2 Å². The summed E-state index contributed by atoms with van der Waals surface area (Å²) >= 11 is 0. The topological polar surface area (TPSA) is 0 Å². The van der Waals surface area contributed by atoms with Crippen LogP contribution in [0.1, 0.15) is 0 Å². The van der Waals surface area contributed by atoms with Crippen molar-refractivity contribution in [1.29, 1.82) is 0 Å². The smallest absolute Gasteiger partial charge is 0 e. The Balaban J connectivity index is 0. The Labute approximate surface area is 132 Å². The fourth-order valence-corrected chi connectivity index (χ4v) is 0. The standard InChI is InChI=1S/2Mo.3S.3Se/q;;6*-2. The quantitative estimate of drug-likeness (QED) is 0.351. The molecule has 0 amide bonds. The minimum atomic E-state index is 0. The van der Waals surface area contributed by atoms with Gasteiger partial charge in [0, 0.05) is 42.1 Å². The summed E-state index contributed by atoms with van der Waals surface area (Å²) < 4.78 is 0. The van der Waals surface area contributed by atoms with Crippen molar-refractivity contribution < 1.29 is 42.1 Å². The minimum absolute atomic E-state index is 0. The normalized spacial score (nSPS) is 0. The summed E-state index contributed by atoms with van der Waals surface area (Å²) in [5.74, 6) is 0. The molecule has 0 aliphatic heterocycles. The zero-order valence-corrected chi connectivity index (χ0v) is 14.9. The van der Waals surface area contributed by atoms with Gasteiger partial charge >= 0.3 is 0 Å². The molecule has 0 aromatic carbocycles. The van der Waals surface area contributed by atoms with Crippen LogP contribution in [0.2, 0.25) is 0 Å². The second kappa shape index (κ2) is 69.0. The molecule has 60 valence electrons. The van der Waals surface area contributed by atoms with E-state index in [0.717, 1.165) is 0 Å². The summed E-state index contributed by atoms with van der Waals surface area (Å²) in [6.45, 7) is 0. The van der Waals surface area contributed by atoms with Crippen LogP contribution in [0.5, 0.6) is 0 Å². The zero-order chi connectivity index (χ0) is 0. The van der Waals surface area contributed by atoms with Crippen molar-refractivity contribution in [2.45, 2.75) is 0 Å². The molecule has 0 saturated carbocycles. The van der Waals surface area contributed by atoms with Gasteiger partial charge in [0.2, 0.25) is 0 Å². The number of rotatable bonds is 0. The first-order chi connectivity index (χ1) is 0. The van der Waals surface area contributed by atoms with E-state index >= 15 is 0 Å². The molecule has 0 heterocycles. The Kier molecular flexibility index (Phi) is 785. The molecular weight excluding hydrogens is 525 g/mol. The fraction of sp³-hybridized carbons (Fsp3) is 0. The summed E-state index contributed by atoms with van der Waals surface area (Å²) in [5.41, 5.74) is 0. The Morgan fingerprint density at radius 3 is 0.375 bits per heavy atom. The van der Waals surface area contributed by atoms with Crippen molar-refractivity contribution in [1.82, 2.24) is 0 Å². The van der Waals surface area contributed by atoms with Crippen LogP contribution in [-0.2, 0) is 82.6 Å². The Hall–Kier alpha value is 3.99. The molecule has 0 rings (SSSR count). The number of hydrogen-bond donors (Lipinski definition) is 0. The van der Waals surface area contributed by atoms with E-state index in [2.05, 4.69) is 0 Å². The largest absolute Gasteiger partial charge is 2.00 e. The first kappa shape index (κ1) is 91.1. The van der Waals surface area contributed by atoms with E-state index in [1.807, 2.05) is 0 Å². The predicted octanol–water partition coefficient (Wildman–Crippen LogP) is -1.15. The maximum Gasteiger partial charge on any atom is 0 e. The van der Waals surface area contributed by atoms with Gasteiger partial charge in [-0.15, -0.1) is 0 Å². The van der Waals surface area contributed by atoms with Crippen LogP contribution >= 0.6 is 0 Å². The van der Waals surface area contributed by atoms with Gasteiger partial charge in [-0.05, 0) is 0 Å². The summed E-state index contributed by atoms with van der Waals surface area (Å²) in [5, 5.41) is 0. The van der Waals surface area contributed by atoms with Crippen molar-refractivity contribution in [2.24, 2.45) is 0 Å². The van der Waals surface area contributed by atoms with Gasteiger partial charge in [0.15, 0.2) is 0 Å². The third kappa shape index (κ3) is 50.8. The van der Waals surface area contributed by atoms with E-state index in [9.17, 15) is 0 Å². The summed E-state index contributed by atoms with van der Waals surface area (Å²) in [6.07, 6.45) is 0. The van der Waals surface area contributed by atoms with E-state index in [0.29, 0.717) is 0 Å².